The number of piperazine rings is 1. The van der Waals surface area contributed by atoms with Crippen molar-refractivity contribution in [3.8, 4) is 5.75 Å². The number of benzene rings is 1. The standard InChI is InChI=1S/C19H22N2O3S/c1-24-16-6-4-15(5-7-16)19(23)21-12-10-20(11-13-21)18(22)9-8-17-3-2-14-25-17/h2-7,14H,8-13H2,1H3. The van der Waals surface area contributed by atoms with Crippen LogP contribution in [0.5, 0.6) is 5.75 Å². The lowest BCUT2D eigenvalue weighted by atomic mass is 10.1. The van der Waals surface area contributed by atoms with Crippen LogP contribution in [0, 0.1) is 0 Å². The second-order valence-electron chi connectivity index (χ2n) is 5.98. The average molecular weight is 358 g/mol. The molecule has 1 aromatic heterocycles. The largest absolute Gasteiger partial charge is 0.497 e. The zero-order valence-corrected chi connectivity index (χ0v) is 15.1. The van der Waals surface area contributed by atoms with Crippen LogP contribution >= 0.6 is 11.3 Å². The van der Waals surface area contributed by atoms with Gasteiger partial charge in [0.2, 0.25) is 5.91 Å². The maximum Gasteiger partial charge on any atom is 0.253 e. The van der Waals surface area contributed by atoms with Gasteiger partial charge in [-0.05, 0) is 42.1 Å². The third-order valence-electron chi connectivity index (χ3n) is 4.42. The summed E-state index contributed by atoms with van der Waals surface area (Å²) in [6, 6.07) is 11.2. The second kappa shape index (κ2) is 8.16. The van der Waals surface area contributed by atoms with Gasteiger partial charge in [0.05, 0.1) is 7.11 Å². The molecule has 0 saturated carbocycles. The Kier molecular flexibility index (Phi) is 5.71. The third kappa shape index (κ3) is 4.39. The summed E-state index contributed by atoms with van der Waals surface area (Å²) in [5.41, 5.74) is 0.651. The van der Waals surface area contributed by atoms with Crippen molar-refractivity contribution < 1.29 is 14.3 Å². The second-order valence-corrected chi connectivity index (χ2v) is 7.01. The van der Waals surface area contributed by atoms with E-state index in [1.165, 1.54) is 4.88 Å². The predicted octanol–water partition coefficient (Wildman–Crippen LogP) is 2.67. The number of carbonyl (C=O) groups is 2. The lowest BCUT2D eigenvalue weighted by Crippen LogP contribution is -2.50. The van der Waals surface area contributed by atoms with Gasteiger partial charge in [0.1, 0.15) is 5.75 Å². The van der Waals surface area contributed by atoms with Crippen LogP contribution in [0.15, 0.2) is 41.8 Å². The summed E-state index contributed by atoms with van der Waals surface area (Å²) in [5, 5.41) is 2.03. The van der Waals surface area contributed by atoms with Gasteiger partial charge in [-0.1, -0.05) is 6.07 Å². The first-order valence-electron chi connectivity index (χ1n) is 8.41. The molecule has 1 aliphatic rings. The van der Waals surface area contributed by atoms with Crippen molar-refractivity contribution >= 4 is 23.2 Å². The molecule has 0 bridgehead atoms. The molecule has 5 nitrogen and oxygen atoms in total. The molecule has 1 saturated heterocycles. The van der Waals surface area contributed by atoms with Crippen LogP contribution in [0.4, 0.5) is 0 Å². The minimum Gasteiger partial charge on any atom is -0.497 e. The molecule has 3 rings (SSSR count). The summed E-state index contributed by atoms with van der Waals surface area (Å²) in [7, 11) is 1.60. The molecule has 0 radical (unpaired) electrons. The van der Waals surface area contributed by atoms with Gasteiger partial charge in [-0.2, -0.15) is 0 Å². The molecule has 0 spiro atoms. The van der Waals surface area contributed by atoms with Crippen LogP contribution in [0.3, 0.4) is 0 Å². The van der Waals surface area contributed by atoms with Crippen molar-refractivity contribution in [2.75, 3.05) is 33.3 Å². The number of methoxy groups -OCH3 is 1. The fourth-order valence-corrected chi connectivity index (χ4v) is 3.63. The Balaban J connectivity index is 1.48. The van der Waals surface area contributed by atoms with Crippen molar-refractivity contribution in [1.82, 2.24) is 9.80 Å². The normalized spacial score (nSPS) is 14.4. The van der Waals surface area contributed by atoms with Crippen molar-refractivity contribution in [2.24, 2.45) is 0 Å². The van der Waals surface area contributed by atoms with Gasteiger partial charge in [0, 0.05) is 43.0 Å². The molecule has 25 heavy (non-hydrogen) atoms. The molecule has 2 aromatic rings. The van der Waals surface area contributed by atoms with Crippen LogP contribution in [0.1, 0.15) is 21.7 Å². The number of amides is 2. The molecule has 2 amide bonds. The van der Waals surface area contributed by atoms with E-state index < -0.39 is 0 Å². The molecule has 2 heterocycles. The van der Waals surface area contributed by atoms with E-state index in [4.69, 9.17) is 4.74 Å². The van der Waals surface area contributed by atoms with Crippen LogP contribution in [0.2, 0.25) is 0 Å². The van der Waals surface area contributed by atoms with Crippen LogP contribution in [-0.2, 0) is 11.2 Å². The molecule has 0 atom stereocenters. The maximum absolute atomic E-state index is 12.5. The predicted molar refractivity (Wildman–Crippen MR) is 98.1 cm³/mol. The fraction of sp³-hybridized carbons (Fsp3) is 0.368. The highest BCUT2D eigenvalue weighted by molar-refractivity contribution is 7.09. The Morgan fingerprint density at radius 3 is 2.32 bits per heavy atom. The van der Waals surface area contributed by atoms with Crippen LogP contribution < -0.4 is 4.74 Å². The van der Waals surface area contributed by atoms with E-state index in [9.17, 15) is 9.59 Å². The first-order valence-corrected chi connectivity index (χ1v) is 9.29. The summed E-state index contributed by atoms with van der Waals surface area (Å²) in [6.45, 7) is 2.36. The summed E-state index contributed by atoms with van der Waals surface area (Å²) < 4.78 is 5.12. The fourth-order valence-electron chi connectivity index (χ4n) is 2.92. The summed E-state index contributed by atoms with van der Waals surface area (Å²) >= 11 is 1.68. The number of rotatable bonds is 5. The lowest BCUT2D eigenvalue weighted by Gasteiger charge is -2.35. The maximum atomic E-state index is 12.5. The number of aryl methyl sites for hydroxylation is 1. The Bertz CT molecular complexity index is 705. The molecule has 1 aromatic carbocycles. The van der Waals surface area contributed by atoms with E-state index in [1.54, 1.807) is 42.7 Å². The Morgan fingerprint density at radius 1 is 1.04 bits per heavy atom. The SMILES string of the molecule is COc1ccc(C(=O)N2CCN(C(=O)CCc3cccs3)CC2)cc1. The third-order valence-corrected chi connectivity index (χ3v) is 5.36. The monoisotopic (exact) mass is 358 g/mol. The molecule has 0 N–H and O–H groups in total. The highest BCUT2D eigenvalue weighted by atomic mass is 32.1. The number of nitrogens with zero attached hydrogens (tertiary/aromatic N) is 2. The zero-order valence-electron chi connectivity index (χ0n) is 14.3. The van der Waals surface area contributed by atoms with Gasteiger partial charge in [-0.15, -0.1) is 11.3 Å². The Morgan fingerprint density at radius 2 is 1.72 bits per heavy atom. The highest BCUT2D eigenvalue weighted by Gasteiger charge is 2.24. The van der Waals surface area contributed by atoms with Gasteiger partial charge in [-0.25, -0.2) is 0 Å². The lowest BCUT2D eigenvalue weighted by molar-refractivity contribution is -0.132. The van der Waals surface area contributed by atoms with Crippen molar-refractivity contribution in [2.45, 2.75) is 12.8 Å². The molecule has 1 aliphatic heterocycles. The number of carbonyl (C=O) groups excluding carboxylic acids is 2. The van der Waals surface area contributed by atoms with E-state index in [0.29, 0.717) is 38.2 Å². The van der Waals surface area contributed by atoms with Gasteiger partial charge in [0.15, 0.2) is 0 Å². The van der Waals surface area contributed by atoms with E-state index in [0.717, 1.165) is 12.2 Å². The van der Waals surface area contributed by atoms with Crippen LogP contribution in [0.25, 0.3) is 0 Å². The first-order chi connectivity index (χ1) is 12.2. The number of ether oxygens (including phenoxy) is 1. The minimum absolute atomic E-state index is 0.00772. The Labute approximate surface area is 151 Å². The molecule has 0 unspecified atom stereocenters. The van der Waals surface area contributed by atoms with Crippen molar-refractivity contribution in [3.05, 3.63) is 52.2 Å². The smallest absolute Gasteiger partial charge is 0.253 e. The van der Waals surface area contributed by atoms with Crippen LogP contribution in [-0.4, -0.2) is 54.9 Å². The van der Waals surface area contributed by atoms with E-state index in [-0.39, 0.29) is 11.8 Å². The average Bonchev–Trinajstić information content (AvgIpc) is 3.19. The van der Waals surface area contributed by atoms with Crippen molar-refractivity contribution in [1.29, 1.82) is 0 Å². The summed E-state index contributed by atoms with van der Waals surface area (Å²) in [5.74, 6) is 0.913. The number of hydrogen-bond donors (Lipinski definition) is 0. The molecule has 132 valence electrons. The van der Waals surface area contributed by atoms with Crippen molar-refractivity contribution in [3.63, 3.8) is 0 Å². The molecule has 0 aliphatic carbocycles. The minimum atomic E-state index is 0.00772. The quantitative estimate of drug-likeness (QED) is 0.826. The molecular weight excluding hydrogens is 336 g/mol. The topological polar surface area (TPSA) is 49.9 Å². The van der Waals surface area contributed by atoms with Gasteiger partial charge in [0.25, 0.3) is 5.91 Å². The van der Waals surface area contributed by atoms with E-state index in [1.807, 2.05) is 21.2 Å². The first kappa shape index (κ1) is 17.5. The van der Waals surface area contributed by atoms with Gasteiger partial charge >= 0.3 is 0 Å². The van der Waals surface area contributed by atoms with E-state index in [2.05, 4.69) is 6.07 Å². The Hall–Kier alpha value is -2.34. The zero-order chi connectivity index (χ0) is 17.6. The molecular formula is C19H22N2O3S. The summed E-state index contributed by atoms with van der Waals surface area (Å²) in [6.07, 6.45) is 1.33. The van der Waals surface area contributed by atoms with Gasteiger partial charge < -0.3 is 14.5 Å². The summed E-state index contributed by atoms with van der Waals surface area (Å²) in [4.78, 5) is 29.8. The highest BCUT2D eigenvalue weighted by Crippen LogP contribution is 2.16. The van der Waals surface area contributed by atoms with E-state index >= 15 is 0 Å². The number of thiophene rings is 1. The van der Waals surface area contributed by atoms with Gasteiger partial charge in [-0.3, -0.25) is 9.59 Å². The molecule has 6 heteroatoms. The number of hydrogen-bond acceptors (Lipinski definition) is 4. The molecule has 1 fully saturated rings.